The van der Waals surface area contributed by atoms with Crippen molar-refractivity contribution in [2.75, 3.05) is 5.32 Å². The highest BCUT2D eigenvalue weighted by atomic mass is 32.1. The zero-order valence-corrected chi connectivity index (χ0v) is 13.7. The van der Waals surface area contributed by atoms with Gasteiger partial charge in [-0.15, -0.1) is 11.3 Å². The summed E-state index contributed by atoms with van der Waals surface area (Å²) in [6, 6.07) is 14.4. The lowest BCUT2D eigenvalue weighted by Crippen LogP contribution is -2.12. The molecule has 0 aliphatic heterocycles. The minimum Gasteiger partial charge on any atom is -0.321 e. The number of anilines is 1. The van der Waals surface area contributed by atoms with Crippen molar-refractivity contribution >= 4 is 22.9 Å². The Balaban J connectivity index is 1.89. The van der Waals surface area contributed by atoms with Crippen LogP contribution in [0.3, 0.4) is 0 Å². The van der Waals surface area contributed by atoms with Crippen LogP contribution in [0.4, 0.5) is 10.1 Å². The fourth-order valence-corrected chi connectivity index (χ4v) is 3.20. The molecule has 0 saturated heterocycles. The maximum Gasteiger partial charge on any atom is 0.266 e. The van der Waals surface area contributed by atoms with E-state index < -0.39 is 0 Å². The van der Waals surface area contributed by atoms with Crippen LogP contribution in [-0.4, -0.2) is 5.91 Å². The predicted octanol–water partition coefficient (Wildman–Crippen LogP) is 5.42. The number of hydrogen-bond donors (Lipinski definition) is 1. The van der Waals surface area contributed by atoms with E-state index in [-0.39, 0.29) is 11.7 Å². The molecule has 0 spiro atoms. The van der Waals surface area contributed by atoms with Crippen molar-refractivity contribution in [2.45, 2.75) is 13.8 Å². The average molecular weight is 325 g/mol. The molecule has 4 heteroatoms. The molecule has 1 aromatic heterocycles. The van der Waals surface area contributed by atoms with Crippen LogP contribution in [0.25, 0.3) is 11.1 Å². The molecule has 3 aromatic rings. The summed E-state index contributed by atoms with van der Waals surface area (Å²) in [4.78, 5) is 13.2. The van der Waals surface area contributed by atoms with Gasteiger partial charge in [-0.1, -0.05) is 29.8 Å². The van der Waals surface area contributed by atoms with Crippen molar-refractivity contribution < 1.29 is 9.18 Å². The number of aryl methyl sites for hydroxylation is 2. The first-order valence-corrected chi connectivity index (χ1v) is 8.14. The van der Waals surface area contributed by atoms with Gasteiger partial charge in [-0.3, -0.25) is 4.79 Å². The van der Waals surface area contributed by atoms with Crippen molar-refractivity contribution in [3.05, 3.63) is 75.7 Å². The molecule has 1 amide bonds. The Hall–Kier alpha value is -2.46. The number of benzene rings is 2. The second-order valence-corrected chi connectivity index (χ2v) is 6.36. The van der Waals surface area contributed by atoms with Gasteiger partial charge < -0.3 is 5.32 Å². The number of carbonyl (C=O) groups is 1. The molecular formula is C19H16FNOS. The molecule has 2 nitrogen and oxygen atoms in total. The first-order chi connectivity index (χ1) is 11.0. The second kappa shape index (κ2) is 6.34. The van der Waals surface area contributed by atoms with E-state index >= 15 is 0 Å². The highest BCUT2D eigenvalue weighted by Gasteiger charge is 2.15. The quantitative estimate of drug-likeness (QED) is 0.684. The van der Waals surface area contributed by atoms with Gasteiger partial charge in [-0.2, -0.15) is 0 Å². The number of carbonyl (C=O) groups excluding carboxylic acids is 1. The number of hydrogen-bond acceptors (Lipinski definition) is 2. The molecule has 23 heavy (non-hydrogen) atoms. The van der Waals surface area contributed by atoms with Crippen LogP contribution in [0, 0.1) is 19.7 Å². The van der Waals surface area contributed by atoms with E-state index in [1.54, 1.807) is 13.0 Å². The molecule has 3 rings (SSSR count). The molecular weight excluding hydrogens is 309 g/mol. The summed E-state index contributed by atoms with van der Waals surface area (Å²) in [6.07, 6.45) is 0. The molecule has 2 aromatic carbocycles. The number of thiophene rings is 1. The first kappa shape index (κ1) is 15.4. The first-order valence-electron chi connectivity index (χ1n) is 7.26. The number of halogens is 1. The lowest BCUT2D eigenvalue weighted by molar-refractivity contribution is 0.103. The van der Waals surface area contributed by atoms with E-state index in [9.17, 15) is 9.18 Å². The Bertz CT molecular complexity index is 852. The molecule has 0 aliphatic rings. The molecule has 0 aliphatic carbocycles. The molecule has 0 bridgehead atoms. The van der Waals surface area contributed by atoms with Gasteiger partial charge in [-0.05, 0) is 54.6 Å². The monoisotopic (exact) mass is 325 g/mol. The molecule has 0 fully saturated rings. The summed E-state index contributed by atoms with van der Waals surface area (Å²) < 4.78 is 13.2. The highest BCUT2D eigenvalue weighted by molar-refractivity contribution is 7.12. The molecule has 0 unspecified atom stereocenters. The second-order valence-electron chi connectivity index (χ2n) is 5.44. The van der Waals surface area contributed by atoms with Crippen LogP contribution in [0.2, 0.25) is 0 Å². The lowest BCUT2D eigenvalue weighted by atomic mass is 10.0. The van der Waals surface area contributed by atoms with Crippen molar-refractivity contribution in [2.24, 2.45) is 0 Å². The van der Waals surface area contributed by atoms with Crippen molar-refractivity contribution in [1.29, 1.82) is 0 Å². The van der Waals surface area contributed by atoms with E-state index in [0.29, 0.717) is 16.1 Å². The van der Waals surface area contributed by atoms with Gasteiger partial charge >= 0.3 is 0 Å². The highest BCUT2D eigenvalue weighted by Crippen LogP contribution is 2.29. The van der Waals surface area contributed by atoms with Crippen LogP contribution in [-0.2, 0) is 0 Å². The normalized spacial score (nSPS) is 10.6. The molecule has 0 radical (unpaired) electrons. The molecule has 116 valence electrons. The Kier molecular flexibility index (Phi) is 4.26. The van der Waals surface area contributed by atoms with Crippen LogP contribution < -0.4 is 5.32 Å². The summed E-state index contributed by atoms with van der Waals surface area (Å²) >= 11 is 1.40. The third-order valence-corrected chi connectivity index (χ3v) is 4.58. The van der Waals surface area contributed by atoms with E-state index in [4.69, 9.17) is 0 Å². The fourth-order valence-electron chi connectivity index (χ4n) is 2.39. The Morgan fingerprint density at radius 2 is 1.78 bits per heavy atom. The average Bonchev–Trinajstić information content (AvgIpc) is 3.00. The van der Waals surface area contributed by atoms with Crippen molar-refractivity contribution in [3.8, 4) is 11.1 Å². The van der Waals surface area contributed by atoms with Gasteiger partial charge in [0, 0.05) is 11.3 Å². The molecule has 0 atom stereocenters. The minimum atomic E-state index is -0.308. The smallest absolute Gasteiger partial charge is 0.266 e. The van der Waals surface area contributed by atoms with Crippen molar-refractivity contribution in [3.63, 3.8) is 0 Å². The van der Waals surface area contributed by atoms with Gasteiger partial charge in [0.05, 0.1) is 4.88 Å². The third-order valence-electron chi connectivity index (χ3n) is 3.67. The summed E-state index contributed by atoms with van der Waals surface area (Å²) in [5.41, 5.74) is 4.42. The fraction of sp³-hybridized carbons (Fsp3) is 0.105. The Morgan fingerprint density at radius 1 is 1.04 bits per heavy atom. The number of rotatable bonds is 3. The molecule has 1 heterocycles. The summed E-state index contributed by atoms with van der Waals surface area (Å²) in [5.74, 6) is -0.484. The number of amides is 1. The van der Waals surface area contributed by atoms with E-state index in [2.05, 4.69) is 5.32 Å². The maximum absolute atomic E-state index is 13.2. The van der Waals surface area contributed by atoms with Gasteiger partial charge in [0.2, 0.25) is 0 Å². The molecule has 0 saturated carbocycles. The van der Waals surface area contributed by atoms with Crippen molar-refractivity contribution in [1.82, 2.24) is 0 Å². The predicted molar refractivity (Wildman–Crippen MR) is 93.6 cm³/mol. The summed E-state index contributed by atoms with van der Waals surface area (Å²) in [6.45, 7) is 3.80. The summed E-state index contributed by atoms with van der Waals surface area (Å²) in [7, 11) is 0. The van der Waals surface area contributed by atoms with Gasteiger partial charge in [0.15, 0.2) is 0 Å². The topological polar surface area (TPSA) is 29.1 Å². The standard InChI is InChI=1S/C19H16FNOS/c1-12-3-5-14(6-4-12)16-9-10-23-18(16)19(22)21-17-8-7-15(20)11-13(17)2/h3-11H,1-2H3,(H,21,22). The maximum atomic E-state index is 13.2. The SMILES string of the molecule is Cc1ccc(-c2ccsc2C(=O)Nc2ccc(F)cc2C)cc1. The third kappa shape index (κ3) is 3.32. The van der Waals surface area contributed by atoms with Gasteiger partial charge in [-0.25, -0.2) is 4.39 Å². The minimum absolute atomic E-state index is 0.176. The Morgan fingerprint density at radius 3 is 2.48 bits per heavy atom. The largest absolute Gasteiger partial charge is 0.321 e. The van der Waals surface area contributed by atoms with Gasteiger partial charge in [0.25, 0.3) is 5.91 Å². The van der Waals surface area contributed by atoms with E-state index in [1.807, 2.05) is 42.6 Å². The van der Waals surface area contributed by atoms with Crippen LogP contribution in [0.1, 0.15) is 20.8 Å². The van der Waals surface area contributed by atoms with E-state index in [1.165, 1.54) is 29.0 Å². The van der Waals surface area contributed by atoms with Crippen LogP contribution in [0.15, 0.2) is 53.9 Å². The van der Waals surface area contributed by atoms with E-state index in [0.717, 1.165) is 11.1 Å². The zero-order valence-electron chi connectivity index (χ0n) is 12.9. The Labute approximate surface area is 138 Å². The number of nitrogens with one attached hydrogen (secondary N) is 1. The lowest BCUT2D eigenvalue weighted by Gasteiger charge is -2.09. The summed E-state index contributed by atoms with van der Waals surface area (Å²) in [5, 5.41) is 4.77. The van der Waals surface area contributed by atoms with Crippen LogP contribution >= 0.6 is 11.3 Å². The molecule has 1 N–H and O–H groups in total. The van der Waals surface area contributed by atoms with Gasteiger partial charge in [0.1, 0.15) is 5.82 Å². The zero-order chi connectivity index (χ0) is 16.4. The van der Waals surface area contributed by atoms with Crippen LogP contribution in [0.5, 0.6) is 0 Å².